The van der Waals surface area contributed by atoms with E-state index in [4.69, 9.17) is 11.6 Å². The monoisotopic (exact) mass is 268 g/mol. The number of piperidine rings is 1. The number of amides is 2. The maximum atomic E-state index is 12.0. The highest BCUT2D eigenvalue weighted by Gasteiger charge is 2.21. The highest BCUT2D eigenvalue weighted by Crippen LogP contribution is 2.20. The minimum atomic E-state index is -0.275. The van der Waals surface area contributed by atoms with Crippen molar-refractivity contribution < 1.29 is 9.90 Å². The number of carbonyl (C=O) groups is 1. The average molecular weight is 269 g/mol. The minimum Gasteiger partial charge on any atom is -0.393 e. The Labute approximate surface area is 112 Å². The van der Waals surface area contributed by atoms with Crippen molar-refractivity contribution in [2.45, 2.75) is 25.9 Å². The van der Waals surface area contributed by atoms with Crippen LogP contribution in [0.4, 0.5) is 10.5 Å². The standard InChI is InChI=1S/C13H17ClN2O2/c1-9-2-3-10(8-12(9)14)15-13(18)16-6-4-11(17)5-7-16/h2-3,8,11,17H,4-7H2,1H3,(H,15,18). The Hall–Kier alpha value is -1.26. The lowest BCUT2D eigenvalue weighted by Gasteiger charge is -2.29. The van der Waals surface area contributed by atoms with Crippen molar-refractivity contribution >= 4 is 23.3 Å². The molecule has 0 saturated carbocycles. The van der Waals surface area contributed by atoms with Crippen molar-refractivity contribution in [3.8, 4) is 0 Å². The van der Waals surface area contributed by atoms with Crippen LogP contribution < -0.4 is 5.32 Å². The second-order valence-corrected chi connectivity index (χ2v) is 5.02. The molecule has 1 saturated heterocycles. The van der Waals surface area contributed by atoms with Gasteiger partial charge in [0.25, 0.3) is 0 Å². The molecule has 2 N–H and O–H groups in total. The maximum absolute atomic E-state index is 12.0. The summed E-state index contributed by atoms with van der Waals surface area (Å²) in [6.45, 7) is 3.10. The Bertz CT molecular complexity index is 443. The molecule has 1 aliphatic rings. The lowest BCUT2D eigenvalue weighted by atomic mass is 10.1. The summed E-state index contributed by atoms with van der Waals surface area (Å²) in [5.41, 5.74) is 1.68. The molecule has 0 aromatic heterocycles. The summed E-state index contributed by atoms with van der Waals surface area (Å²) in [7, 11) is 0. The van der Waals surface area contributed by atoms with Gasteiger partial charge in [0.05, 0.1) is 6.10 Å². The fraction of sp³-hybridized carbons (Fsp3) is 0.462. The topological polar surface area (TPSA) is 52.6 Å². The van der Waals surface area contributed by atoms with Crippen molar-refractivity contribution in [2.24, 2.45) is 0 Å². The van der Waals surface area contributed by atoms with E-state index in [-0.39, 0.29) is 12.1 Å². The van der Waals surface area contributed by atoms with Crippen LogP contribution in [0.15, 0.2) is 18.2 Å². The summed E-state index contributed by atoms with van der Waals surface area (Å²) in [6, 6.07) is 5.31. The van der Waals surface area contributed by atoms with Crippen LogP contribution in [0.3, 0.4) is 0 Å². The molecule has 1 heterocycles. The molecule has 0 aliphatic carbocycles. The lowest BCUT2D eigenvalue weighted by Crippen LogP contribution is -2.42. The molecule has 18 heavy (non-hydrogen) atoms. The van der Waals surface area contributed by atoms with E-state index >= 15 is 0 Å². The van der Waals surface area contributed by atoms with E-state index in [2.05, 4.69) is 5.32 Å². The molecular formula is C13H17ClN2O2. The normalized spacial score (nSPS) is 16.7. The number of carbonyl (C=O) groups excluding carboxylic acids is 1. The van der Waals surface area contributed by atoms with Gasteiger partial charge in [-0.15, -0.1) is 0 Å². The highest BCUT2D eigenvalue weighted by molar-refractivity contribution is 6.31. The summed E-state index contributed by atoms with van der Waals surface area (Å²) < 4.78 is 0. The molecule has 98 valence electrons. The molecule has 2 amide bonds. The molecule has 0 spiro atoms. The molecule has 0 atom stereocenters. The van der Waals surface area contributed by atoms with Gasteiger partial charge in [0.15, 0.2) is 0 Å². The number of likely N-dealkylation sites (tertiary alicyclic amines) is 1. The summed E-state index contributed by atoms with van der Waals surface area (Å²) in [5.74, 6) is 0. The van der Waals surface area contributed by atoms with E-state index < -0.39 is 0 Å². The number of halogens is 1. The largest absolute Gasteiger partial charge is 0.393 e. The summed E-state index contributed by atoms with van der Waals surface area (Å²) in [6.07, 6.45) is 1.01. The smallest absolute Gasteiger partial charge is 0.321 e. The Morgan fingerprint density at radius 3 is 2.72 bits per heavy atom. The van der Waals surface area contributed by atoms with Gasteiger partial charge in [-0.3, -0.25) is 0 Å². The van der Waals surface area contributed by atoms with Gasteiger partial charge in [-0.05, 0) is 37.5 Å². The van der Waals surface area contributed by atoms with Crippen LogP contribution in [0, 0.1) is 6.92 Å². The molecule has 5 heteroatoms. The number of aryl methyl sites for hydroxylation is 1. The Morgan fingerprint density at radius 1 is 1.44 bits per heavy atom. The zero-order chi connectivity index (χ0) is 13.1. The predicted octanol–water partition coefficient (Wildman–Crippen LogP) is 2.64. The first-order valence-corrected chi connectivity index (χ1v) is 6.44. The number of benzene rings is 1. The number of hydrogen-bond donors (Lipinski definition) is 2. The minimum absolute atomic E-state index is 0.137. The quantitative estimate of drug-likeness (QED) is 0.823. The fourth-order valence-electron chi connectivity index (χ4n) is 1.94. The van der Waals surface area contributed by atoms with E-state index in [1.54, 1.807) is 11.0 Å². The molecular weight excluding hydrogens is 252 g/mol. The van der Waals surface area contributed by atoms with Gasteiger partial charge >= 0.3 is 6.03 Å². The number of aliphatic hydroxyl groups excluding tert-OH is 1. The molecule has 0 bridgehead atoms. The van der Waals surface area contributed by atoms with Crippen LogP contribution >= 0.6 is 11.6 Å². The van der Waals surface area contributed by atoms with Gasteiger partial charge < -0.3 is 15.3 Å². The maximum Gasteiger partial charge on any atom is 0.321 e. The second-order valence-electron chi connectivity index (χ2n) is 4.61. The molecule has 0 radical (unpaired) electrons. The molecule has 1 aromatic rings. The van der Waals surface area contributed by atoms with Gasteiger partial charge in [-0.1, -0.05) is 17.7 Å². The zero-order valence-corrected chi connectivity index (χ0v) is 11.1. The van der Waals surface area contributed by atoms with Crippen molar-refractivity contribution in [3.05, 3.63) is 28.8 Å². The SMILES string of the molecule is Cc1ccc(NC(=O)N2CCC(O)CC2)cc1Cl. The van der Waals surface area contributed by atoms with Crippen LogP contribution in [0.1, 0.15) is 18.4 Å². The Balaban J connectivity index is 1.96. The van der Waals surface area contributed by atoms with E-state index in [1.165, 1.54) is 0 Å². The van der Waals surface area contributed by atoms with Crippen molar-refractivity contribution in [1.29, 1.82) is 0 Å². The third kappa shape index (κ3) is 3.15. The molecule has 1 aromatic carbocycles. The van der Waals surface area contributed by atoms with Crippen LogP contribution in [-0.2, 0) is 0 Å². The summed E-state index contributed by atoms with van der Waals surface area (Å²) in [5, 5.41) is 12.8. The number of aliphatic hydroxyl groups is 1. The van der Waals surface area contributed by atoms with Crippen LogP contribution in [0.2, 0.25) is 5.02 Å². The molecule has 4 nitrogen and oxygen atoms in total. The number of anilines is 1. The first-order chi connectivity index (χ1) is 8.56. The van der Waals surface area contributed by atoms with E-state index in [0.29, 0.717) is 36.6 Å². The number of rotatable bonds is 1. The molecule has 0 unspecified atom stereocenters. The first kappa shape index (κ1) is 13.2. The van der Waals surface area contributed by atoms with Gasteiger partial charge in [0, 0.05) is 23.8 Å². The van der Waals surface area contributed by atoms with Crippen LogP contribution in [0.25, 0.3) is 0 Å². The molecule has 1 aliphatic heterocycles. The summed E-state index contributed by atoms with van der Waals surface area (Å²) in [4.78, 5) is 13.7. The Morgan fingerprint density at radius 2 is 2.11 bits per heavy atom. The number of nitrogens with one attached hydrogen (secondary N) is 1. The van der Waals surface area contributed by atoms with Gasteiger partial charge in [-0.25, -0.2) is 4.79 Å². The van der Waals surface area contributed by atoms with Crippen molar-refractivity contribution in [3.63, 3.8) is 0 Å². The number of nitrogens with zero attached hydrogens (tertiary/aromatic N) is 1. The molecule has 2 rings (SSSR count). The zero-order valence-electron chi connectivity index (χ0n) is 10.3. The van der Waals surface area contributed by atoms with Crippen LogP contribution in [0.5, 0.6) is 0 Å². The number of urea groups is 1. The van der Waals surface area contributed by atoms with Gasteiger partial charge in [0.2, 0.25) is 0 Å². The van der Waals surface area contributed by atoms with E-state index in [0.717, 1.165) is 5.56 Å². The molecule has 1 fully saturated rings. The van der Waals surface area contributed by atoms with E-state index in [1.807, 2.05) is 19.1 Å². The Kier molecular flexibility index (Phi) is 4.09. The lowest BCUT2D eigenvalue weighted by molar-refractivity contribution is 0.0972. The third-order valence-electron chi connectivity index (χ3n) is 3.17. The van der Waals surface area contributed by atoms with Crippen LogP contribution in [-0.4, -0.2) is 35.2 Å². The fourth-order valence-corrected chi connectivity index (χ4v) is 2.12. The third-order valence-corrected chi connectivity index (χ3v) is 3.58. The van der Waals surface area contributed by atoms with Crippen molar-refractivity contribution in [1.82, 2.24) is 4.90 Å². The first-order valence-electron chi connectivity index (χ1n) is 6.06. The summed E-state index contributed by atoms with van der Waals surface area (Å²) >= 11 is 6.00. The highest BCUT2D eigenvalue weighted by atomic mass is 35.5. The average Bonchev–Trinajstić information content (AvgIpc) is 2.34. The van der Waals surface area contributed by atoms with Gasteiger partial charge in [0.1, 0.15) is 0 Å². The van der Waals surface area contributed by atoms with Gasteiger partial charge in [-0.2, -0.15) is 0 Å². The van der Waals surface area contributed by atoms with E-state index in [9.17, 15) is 9.90 Å². The van der Waals surface area contributed by atoms with Crippen molar-refractivity contribution in [2.75, 3.05) is 18.4 Å². The number of hydrogen-bond acceptors (Lipinski definition) is 2. The second kappa shape index (κ2) is 5.59. The predicted molar refractivity (Wildman–Crippen MR) is 72.0 cm³/mol.